The predicted molar refractivity (Wildman–Crippen MR) is 49.8 cm³/mol. The van der Waals surface area contributed by atoms with E-state index in [1.807, 2.05) is 0 Å². The normalized spacial score (nSPS) is 50.0. The van der Waals surface area contributed by atoms with E-state index in [1.165, 1.54) is 19.3 Å². The first-order chi connectivity index (χ1) is 5.52. The van der Waals surface area contributed by atoms with Gasteiger partial charge in [0.15, 0.2) is 0 Å². The molecule has 2 aliphatic rings. The van der Waals surface area contributed by atoms with Crippen molar-refractivity contribution in [3.05, 3.63) is 0 Å². The molecule has 70 valence electrons. The average molecular weight is 168 g/mol. The molecule has 1 nitrogen and oxygen atoms in total. The first kappa shape index (κ1) is 8.55. The Balaban J connectivity index is 2.33. The maximum absolute atomic E-state index is 9.29. The fraction of sp³-hybridized carbons (Fsp3) is 1.00. The van der Waals surface area contributed by atoms with Crippen LogP contribution in [-0.2, 0) is 0 Å². The van der Waals surface area contributed by atoms with Crippen LogP contribution in [0.15, 0.2) is 0 Å². The zero-order valence-electron chi connectivity index (χ0n) is 8.43. The minimum atomic E-state index is 0.399. The van der Waals surface area contributed by atoms with Gasteiger partial charge in [-0.05, 0) is 41.9 Å². The SMILES string of the molecule is CC1(C)[C@H]2CC[C@@]1(C)[C@H](CO)C2. The fourth-order valence-electron chi connectivity index (χ4n) is 3.65. The van der Waals surface area contributed by atoms with Crippen LogP contribution in [0.3, 0.4) is 0 Å². The lowest BCUT2D eigenvalue weighted by atomic mass is 9.67. The number of hydrogen-bond donors (Lipinski definition) is 1. The van der Waals surface area contributed by atoms with Crippen LogP contribution in [0.25, 0.3) is 0 Å². The highest BCUT2D eigenvalue weighted by Crippen LogP contribution is 2.67. The molecule has 1 N–H and O–H groups in total. The Morgan fingerprint density at radius 2 is 2.00 bits per heavy atom. The van der Waals surface area contributed by atoms with Crippen molar-refractivity contribution >= 4 is 0 Å². The zero-order valence-corrected chi connectivity index (χ0v) is 8.43. The van der Waals surface area contributed by atoms with Crippen LogP contribution in [0.2, 0.25) is 0 Å². The van der Waals surface area contributed by atoms with Gasteiger partial charge in [-0.25, -0.2) is 0 Å². The molecular weight excluding hydrogens is 148 g/mol. The topological polar surface area (TPSA) is 20.2 Å². The van der Waals surface area contributed by atoms with Gasteiger partial charge in [0.05, 0.1) is 0 Å². The van der Waals surface area contributed by atoms with E-state index in [2.05, 4.69) is 20.8 Å². The summed E-state index contributed by atoms with van der Waals surface area (Å²) in [6.45, 7) is 7.55. The van der Waals surface area contributed by atoms with Crippen molar-refractivity contribution in [2.45, 2.75) is 40.0 Å². The van der Waals surface area contributed by atoms with Crippen molar-refractivity contribution in [2.24, 2.45) is 22.7 Å². The summed E-state index contributed by atoms with van der Waals surface area (Å²) in [7, 11) is 0. The molecule has 0 aromatic heterocycles. The van der Waals surface area contributed by atoms with Gasteiger partial charge in [-0.15, -0.1) is 0 Å². The van der Waals surface area contributed by atoms with Crippen LogP contribution in [0.5, 0.6) is 0 Å². The van der Waals surface area contributed by atoms with E-state index in [0.29, 0.717) is 23.4 Å². The highest BCUT2D eigenvalue weighted by atomic mass is 16.3. The van der Waals surface area contributed by atoms with Gasteiger partial charge in [0.1, 0.15) is 0 Å². The highest BCUT2D eigenvalue weighted by Gasteiger charge is 2.60. The average Bonchev–Trinajstić information content (AvgIpc) is 2.34. The van der Waals surface area contributed by atoms with E-state index in [4.69, 9.17) is 0 Å². The molecule has 0 aromatic rings. The molecule has 2 aliphatic carbocycles. The monoisotopic (exact) mass is 168 g/mol. The van der Waals surface area contributed by atoms with Crippen LogP contribution in [-0.4, -0.2) is 11.7 Å². The number of aliphatic hydroxyl groups excluding tert-OH is 1. The van der Waals surface area contributed by atoms with E-state index in [0.717, 1.165) is 5.92 Å². The quantitative estimate of drug-likeness (QED) is 0.637. The maximum atomic E-state index is 9.29. The first-order valence-electron chi connectivity index (χ1n) is 5.13. The molecule has 1 heteroatoms. The van der Waals surface area contributed by atoms with Crippen LogP contribution >= 0.6 is 0 Å². The summed E-state index contributed by atoms with van der Waals surface area (Å²) in [4.78, 5) is 0. The van der Waals surface area contributed by atoms with E-state index in [1.54, 1.807) is 0 Å². The Bertz CT molecular complexity index is 197. The van der Waals surface area contributed by atoms with Crippen molar-refractivity contribution in [1.82, 2.24) is 0 Å². The van der Waals surface area contributed by atoms with Crippen LogP contribution in [0.1, 0.15) is 40.0 Å². The molecule has 0 amide bonds. The highest BCUT2D eigenvalue weighted by molar-refractivity contribution is 5.09. The summed E-state index contributed by atoms with van der Waals surface area (Å²) in [5.74, 6) is 1.45. The summed E-state index contributed by atoms with van der Waals surface area (Å²) in [5.41, 5.74) is 0.896. The summed E-state index contributed by atoms with van der Waals surface area (Å²) in [5, 5.41) is 9.29. The maximum Gasteiger partial charge on any atom is 0.0464 e. The van der Waals surface area contributed by atoms with Crippen molar-refractivity contribution in [3.63, 3.8) is 0 Å². The largest absolute Gasteiger partial charge is 0.396 e. The predicted octanol–water partition coefficient (Wildman–Crippen LogP) is 2.44. The molecule has 2 bridgehead atoms. The summed E-state index contributed by atoms with van der Waals surface area (Å²) in [6, 6.07) is 0. The third-order valence-corrected chi connectivity index (χ3v) is 5.20. The lowest BCUT2D eigenvalue weighted by molar-refractivity contribution is 0.0625. The number of aliphatic hydroxyl groups is 1. The molecule has 0 unspecified atom stereocenters. The van der Waals surface area contributed by atoms with Gasteiger partial charge in [-0.3, -0.25) is 0 Å². The molecular formula is C11H20O. The van der Waals surface area contributed by atoms with Gasteiger partial charge < -0.3 is 5.11 Å². The lowest BCUT2D eigenvalue weighted by Gasteiger charge is -2.38. The summed E-state index contributed by atoms with van der Waals surface area (Å²) < 4.78 is 0. The third kappa shape index (κ3) is 0.736. The van der Waals surface area contributed by atoms with Gasteiger partial charge >= 0.3 is 0 Å². The molecule has 0 aliphatic heterocycles. The third-order valence-electron chi connectivity index (χ3n) is 5.20. The van der Waals surface area contributed by atoms with E-state index < -0.39 is 0 Å². The number of fused-ring (bicyclic) bond motifs is 2. The summed E-state index contributed by atoms with van der Waals surface area (Å²) in [6.07, 6.45) is 3.98. The molecule has 0 aromatic carbocycles. The smallest absolute Gasteiger partial charge is 0.0464 e. The fourth-order valence-corrected chi connectivity index (χ4v) is 3.65. The minimum Gasteiger partial charge on any atom is -0.396 e. The standard InChI is InChI=1S/C11H20O/c1-10(2)8-4-5-11(10,3)9(6-8)7-12/h8-9,12H,4-7H2,1-3H3/t8-,9-,11-/m0/s1. The van der Waals surface area contributed by atoms with Gasteiger partial charge in [0, 0.05) is 6.61 Å². The molecule has 2 saturated carbocycles. The van der Waals surface area contributed by atoms with E-state index in [9.17, 15) is 5.11 Å². The van der Waals surface area contributed by atoms with Gasteiger partial charge in [0.25, 0.3) is 0 Å². The molecule has 0 heterocycles. The van der Waals surface area contributed by atoms with Gasteiger partial charge in [0.2, 0.25) is 0 Å². The van der Waals surface area contributed by atoms with Gasteiger partial charge in [-0.1, -0.05) is 20.8 Å². The summed E-state index contributed by atoms with van der Waals surface area (Å²) >= 11 is 0. The minimum absolute atomic E-state index is 0.399. The Kier molecular flexibility index (Phi) is 1.61. The molecule has 3 atom stereocenters. The van der Waals surface area contributed by atoms with Crippen LogP contribution in [0, 0.1) is 22.7 Å². The molecule has 2 rings (SSSR count). The van der Waals surface area contributed by atoms with Crippen molar-refractivity contribution in [1.29, 1.82) is 0 Å². The Morgan fingerprint density at radius 1 is 1.33 bits per heavy atom. The molecule has 0 radical (unpaired) electrons. The zero-order chi connectivity index (χ0) is 8.98. The molecule has 12 heavy (non-hydrogen) atoms. The Labute approximate surface area is 75.2 Å². The Morgan fingerprint density at radius 3 is 2.25 bits per heavy atom. The molecule has 0 spiro atoms. The first-order valence-corrected chi connectivity index (χ1v) is 5.13. The number of rotatable bonds is 1. The van der Waals surface area contributed by atoms with Crippen LogP contribution in [0.4, 0.5) is 0 Å². The second kappa shape index (κ2) is 2.25. The van der Waals surface area contributed by atoms with E-state index >= 15 is 0 Å². The van der Waals surface area contributed by atoms with E-state index in [-0.39, 0.29) is 0 Å². The van der Waals surface area contributed by atoms with Crippen LogP contribution < -0.4 is 0 Å². The van der Waals surface area contributed by atoms with Crippen molar-refractivity contribution in [2.75, 3.05) is 6.61 Å². The second-order valence-electron chi connectivity index (χ2n) is 5.49. The molecule has 2 fully saturated rings. The Hall–Kier alpha value is -0.0400. The van der Waals surface area contributed by atoms with Crippen molar-refractivity contribution in [3.8, 4) is 0 Å². The molecule has 0 saturated heterocycles. The lowest BCUT2D eigenvalue weighted by Crippen LogP contribution is -2.33. The second-order valence-corrected chi connectivity index (χ2v) is 5.49. The van der Waals surface area contributed by atoms with Gasteiger partial charge in [-0.2, -0.15) is 0 Å². The number of hydrogen-bond acceptors (Lipinski definition) is 1. The van der Waals surface area contributed by atoms with Crippen molar-refractivity contribution < 1.29 is 5.11 Å².